The maximum absolute atomic E-state index is 6.19. The summed E-state index contributed by atoms with van der Waals surface area (Å²) in [6.07, 6.45) is 4.95. The lowest BCUT2D eigenvalue weighted by molar-refractivity contribution is -0.114. The fourth-order valence-corrected chi connectivity index (χ4v) is 2.43. The van der Waals surface area contributed by atoms with Crippen molar-refractivity contribution in [1.82, 2.24) is 0 Å². The summed E-state index contributed by atoms with van der Waals surface area (Å²) in [6, 6.07) is 0. The molecule has 2 aliphatic rings. The molecule has 1 aliphatic heterocycles. The van der Waals surface area contributed by atoms with Gasteiger partial charge in [-0.15, -0.1) is 0 Å². The van der Waals surface area contributed by atoms with Crippen LogP contribution in [-0.2, 0) is 4.74 Å². The molecule has 2 rings (SSSR count). The Kier molecular flexibility index (Phi) is 1.81. The number of hydrogen-bond acceptors (Lipinski definition) is 2. The lowest BCUT2D eigenvalue weighted by Crippen LogP contribution is -2.41. The molecule has 1 heterocycles. The van der Waals surface area contributed by atoms with Crippen molar-refractivity contribution in [2.24, 2.45) is 11.1 Å². The smallest absolute Gasteiger partial charge is 0.0784 e. The van der Waals surface area contributed by atoms with E-state index >= 15 is 0 Å². The van der Waals surface area contributed by atoms with Gasteiger partial charge in [0.15, 0.2) is 0 Å². The average molecular weight is 183 g/mol. The Balaban J connectivity index is 2.12. The maximum atomic E-state index is 6.19. The van der Waals surface area contributed by atoms with Crippen LogP contribution in [-0.4, -0.2) is 17.7 Å². The second-order valence-electron chi connectivity index (χ2n) is 5.55. The Morgan fingerprint density at radius 1 is 1.08 bits per heavy atom. The molecular formula is C11H21NO. The molecule has 0 bridgehead atoms. The van der Waals surface area contributed by atoms with Gasteiger partial charge in [0.25, 0.3) is 0 Å². The van der Waals surface area contributed by atoms with Gasteiger partial charge in [0, 0.05) is 6.54 Å². The average Bonchev–Trinajstić information content (AvgIpc) is 2.74. The summed E-state index contributed by atoms with van der Waals surface area (Å²) in [5, 5.41) is 0. The Morgan fingerprint density at radius 3 is 2.08 bits per heavy atom. The van der Waals surface area contributed by atoms with E-state index in [0.717, 1.165) is 6.42 Å². The first kappa shape index (κ1) is 9.47. The van der Waals surface area contributed by atoms with Crippen LogP contribution >= 0.6 is 0 Å². The van der Waals surface area contributed by atoms with Crippen LogP contribution in [0.2, 0.25) is 0 Å². The minimum absolute atomic E-state index is 0.0552. The van der Waals surface area contributed by atoms with Gasteiger partial charge in [-0.3, -0.25) is 0 Å². The lowest BCUT2D eigenvalue weighted by Gasteiger charge is -2.34. The van der Waals surface area contributed by atoms with Crippen molar-refractivity contribution < 1.29 is 4.74 Å². The zero-order chi connectivity index (χ0) is 9.74. The molecule has 2 unspecified atom stereocenters. The first-order valence-electron chi connectivity index (χ1n) is 5.33. The number of ether oxygens (including phenoxy) is 1. The predicted molar refractivity (Wildman–Crippen MR) is 53.5 cm³/mol. The van der Waals surface area contributed by atoms with E-state index in [-0.39, 0.29) is 11.2 Å². The number of hydrogen-bond donors (Lipinski definition) is 1. The SMILES string of the molecule is CC1(CN)CCC(C)(C2(C)CC2)O1. The molecule has 2 nitrogen and oxygen atoms in total. The molecule has 0 aromatic carbocycles. The minimum atomic E-state index is -0.0552. The van der Waals surface area contributed by atoms with E-state index < -0.39 is 0 Å². The van der Waals surface area contributed by atoms with E-state index in [9.17, 15) is 0 Å². The summed E-state index contributed by atoms with van der Waals surface area (Å²) in [5.41, 5.74) is 6.22. The molecule has 1 saturated heterocycles. The van der Waals surface area contributed by atoms with Crippen molar-refractivity contribution in [3.63, 3.8) is 0 Å². The van der Waals surface area contributed by atoms with Crippen molar-refractivity contribution in [3.8, 4) is 0 Å². The van der Waals surface area contributed by atoms with E-state index in [1.807, 2.05) is 0 Å². The number of rotatable bonds is 2. The Hall–Kier alpha value is -0.0800. The van der Waals surface area contributed by atoms with Crippen LogP contribution in [0.25, 0.3) is 0 Å². The first-order chi connectivity index (χ1) is 5.93. The Labute approximate surface area is 80.8 Å². The quantitative estimate of drug-likeness (QED) is 0.711. The summed E-state index contributed by atoms with van der Waals surface area (Å²) in [4.78, 5) is 0. The molecule has 0 amide bonds. The van der Waals surface area contributed by atoms with Crippen LogP contribution in [0.3, 0.4) is 0 Å². The monoisotopic (exact) mass is 183 g/mol. The molecule has 0 aromatic rings. The van der Waals surface area contributed by atoms with Gasteiger partial charge in [-0.1, -0.05) is 6.92 Å². The van der Waals surface area contributed by atoms with Crippen LogP contribution in [0.5, 0.6) is 0 Å². The molecule has 2 fully saturated rings. The Bertz CT molecular complexity index is 224. The second kappa shape index (κ2) is 2.48. The fraction of sp³-hybridized carbons (Fsp3) is 1.00. The van der Waals surface area contributed by atoms with E-state index in [1.54, 1.807) is 0 Å². The zero-order valence-electron chi connectivity index (χ0n) is 9.02. The predicted octanol–water partition coefficient (Wildman–Crippen LogP) is 2.07. The van der Waals surface area contributed by atoms with E-state index in [4.69, 9.17) is 10.5 Å². The van der Waals surface area contributed by atoms with Crippen molar-refractivity contribution in [2.75, 3.05) is 6.54 Å². The van der Waals surface area contributed by atoms with Crippen LogP contribution in [0.4, 0.5) is 0 Å². The minimum Gasteiger partial charge on any atom is -0.367 e. The van der Waals surface area contributed by atoms with Gasteiger partial charge in [0.1, 0.15) is 0 Å². The van der Waals surface area contributed by atoms with Gasteiger partial charge in [0.2, 0.25) is 0 Å². The largest absolute Gasteiger partial charge is 0.367 e. The first-order valence-corrected chi connectivity index (χ1v) is 5.33. The molecular weight excluding hydrogens is 162 g/mol. The highest BCUT2D eigenvalue weighted by atomic mass is 16.5. The van der Waals surface area contributed by atoms with E-state index in [0.29, 0.717) is 12.0 Å². The molecule has 1 aliphatic carbocycles. The van der Waals surface area contributed by atoms with E-state index in [2.05, 4.69) is 20.8 Å². The van der Waals surface area contributed by atoms with Crippen LogP contribution in [0.1, 0.15) is 46.5 Å². The summed E-state index contributed by atoms with van der Waals surface area (Å²) >= 11 is 0. The van der Waals surface area contributed by atoms with Crippen LogP contribution in [0.15, 0.2) is 0 Å². The maximum Gasteiger partial charge on any atom is 0.0784 e. The van der Waals surface area contributed by atoms with E-state index in [1.165, 1.54) is 19.3 Å². The van der Waals surface area contributed by atoms with Gasteiger partial charge in [-0.25, -0.2) is 0 Å². The normalized spacial score (nSPS) is 48.0. The third-order valence-electron chi connectivity index (χ3n) is 4.31. The third kappa shape index (κ3) is 1.31. The molecule has 2 heteroatoms. The summed E-state index contributed by atoms with van der Waals surface area (Å²) in [7, 11) is 0. The van der Waals surface area contributed by atoms with Gasteiger partial charge in [0.05, 0.1) is 11.2 Å². The molecule has 76 valence electrons. The van der Waals surface area contributed by atoms with Gasteiger partial charge < -0.3 is 10.5 Å². The third-order valence-corrected chi connectivity index (χ3v) is 4.31. The second-order valence-corrected chi connectivity index (χ2v) is 5.55. The fourth-order valence-electron chi connectivity index (χ4n) is 2.43. The standard InChI is InChI=1S/C11H21NO/c1-9(4-5-9)11(3)7-6-10(2,8-12)13-11/h4-8,12H2,1-3H3. The zero-order valence-corrected chi connectivity index (χ0v) is 9.02. The molecule has 2 atom stereocenters. The van der Waals surface area contributed by atoms with Crippen molar-refractivity contribution in [2.45, 2.75) is 57.7 Å². The molecule has 0 spiro atoms. The van der Waals surface area contributed by atoms with Crippen LogP contribution < -0.4 is 5.73 Å². The summed E-state index contributed by atoms with van der Waals surface area (Å²) in [6.45, 7) is 7.40. The van der Waals surface area contributed by atoms with Gasteiger partial charge in [-0.2, -0.15) is 0 Å². The van der Waals surface area contributed by atoms with Crippen molar-refractivity contribution >= 4 is 0 Å². The highest BCUT2D eigenvalue weighted by molar-refractivity contribution is 5.09. The van der Waals surface area contributed by atoms with Gasteiger partial charge in [-0.05, 0) is 44.9 Å². The Morgan fingerprint density at radius 2 is 1.69 bits per heavy atom. The molecule has 1 saturated carbocycles. The molecule has 0 radical (unpaired) electrons. The van der Waals surface area contributed by atoms with Gasteiger partial charge >= 0.3 is 0 Å². The topological polar surface area (TPSA) is 35.2 Å². The van der Waals surface area contributed by atoms with Crippen molar-refractivity contribution in [3.05, 3.63) is 0 Å². The van der Waals surface area contributed by atoms with Crippen molar-refractivity contribution in [1.29, 1.82) is 0 Å². The summed E-state index contributed by atoms with van der Waals surface area (Å²) in [5.74, 6) is 0. The van der Waals surface area contributed by atoms with Crippen LogP contribution in [0, 0.1) is 5.41 Å². The summed E-state index contributed by atoms with van der Waals surface area (Å²) < 4.78 is 6.19. The molecule has 0 aromatic heterocycles. The highest BCUT2D eigenvalue weighted by Gasteiger charge is 2.58. The molecule has 2 N–H and O–H groups in total. The highest BCUT2D eigenvalue weighted by Crippen LogP contribution is 2.60. The molecule has 13 heavy (non-hydrogen) atoms. The number of nitrogens with two attached hydrogens (primary N) is 1. The lowest BCUT2D eigenvalue weighted by atomic mass is 9.84.